The van der Waals surface area contributed by atoms with Crippen LogP contribution in [0, 0.1) is 6.92 Å². The summed E-state index contributed by atoms with van der Waals surface area (Å²) >= 11 is 0. The predicted octanol–water partition coefficient (Wildman–Crippen LogP) is 3.80. The van der Waals surface area contributed by atoms with E-state index >= 15 is 0 Å². The van der Waals surface area contributed by atoms with E-state index in [0.29, 0.717) is 25.3 Å². The minimum Gasteiger partial charge on any atom is -0.381 e. The zero-order valence-electron chi connectivity index (χ0n) is 15.7. The van der Waals surface area contributed by atoms with Crippen molar-refractivity contribution in [3.63, 3.8) is 0 Å². The van der Waals surface area contributed by atoms with Crippen LogP contribution < -0.4 is 0 Å². The first-order valence-corrected chi connectivity index (χ1v) is 9.30. The number of ether oxygens (including phenoxy) is 1. The lowest BCUT2D eigenvalue weighted by Gasteiger charge is -2.30. The second-order valence-electron chi connectivity index (χ2n) is 6.77. The van der Waals surface area contributed by atoms with Crippen LogP contribution in [0.2, 0.25) is 0 Å². The highest BCUT2D eigenvalue weighted by molar-refractivity contribution is 5.82. The summed E-state index contributed by atoms with van der Waals surface area (Å²) in [4.78, 5) is 12.3. The van der Waals surface area contributed by atoms with Gasteiger partial charge in [0.25, 0.3) is 0 Å². The number of unbranched alkanes of at least 4 members (excludes halogenated alkanes) is 1. The summed E-state index contributed by atoms with van der Waals surface area (Å²) in [6.45, 7) is 7.58. The highest BCUT2D eigenvalue weighted by Crippen LogP contribution is 2.30. The van der Waals surface area contributed by atoms with Gasteiger partial charge < -0.3 is 9.64 Å². The summed E-state index contributed by atoms with van der Waals surface area (Å²) in [6, 6.07) is 0.237. The molecule has 1 aromatic heterocycles. The number of aromatic nitrogens is 2. The van der Waals surface area contributed by atoms with Crippen LogP contribution in [0.25, 0.3) is 0 Å². The Bertz CT molecular complexity index is 606. The molecule has 0 unspecified atom stereocenters. The number of amides is 1. The Morgan fingerprint density at radius 1 is 1.23 bits per heavy atom. The molecule has 3 rings (SSSR count). The summed E-state index contributed by atoms with van der Waals surface area (Å²) in [6.07, 6.45) is -0.0467. The lowest BCUT2D eigenvalue weighted by atomic mass is 10.0. The molecule has 0 atom stereocenters. The quantitative estimate of drug-likeness (QED) is 0.790. The Hall–Kier alpha value is -1.57. The predicted molar refractivity (Wildman–Crippen MR) is 91.8 cm³/mol. The Balaban J connectivity index is 0.000000552. The average molecular weight is 375 g/mol. The first kappa shape index (κ1) is 20.7. The molecule has 0 N–H and O–H groups in total. The fraction of sp³-hybridized carbons (Fsp3) is 0.778. The van der Waals surface area contributed by atoms with Crippen molar-refractivity contribution in [3.05, 3.63) is 17.0 Å². The number of carbonyl (C=O) groups is 1. The smallest absolute Gasteiger partial charge is 0.381 e. The number of hydrogen-bond donors (Lipinski definition) is 0. The Morgan fingerprint density at radius 3 is 2.38 bits per heavy atom. The van der Waals surface area contributed by atoms with Gasteiger partial charge in [0.05, 0.1) is 11.7 Å². The van der Waals surface area contributed by atoms with Crippen LogP contribution in [0.1, 0.15) is 62.5 Å². The first-order chi connectivity index (χ1) is 12.3. The molecule has 0 spiro atoms. The molecule has 3 heterocycles. The number of nitrogens with zero attached hydrogens (tertiary/aromatic N) is 3. The van der Waals surface area contributed by atoms with Crippen molar-refractivity contribution in [2.24, 2.45) is 0 Å². The van der Waals surface area contributed by atoms with E-state index in [4.69, 9.17) is 4.74 Å². The maximum atomic E-state index is 12.6. The van der Waals surface area contributed by atoms with Crippen molar-refractivity contribution in [3.8, 4) is 0 Å². The van der Waals surface area contributed by atoms with Crippen LogP contribution in [0.15, 0.2) is 0 Å². The van der Waals surface area contributed by atoms with Gasteiger partial charge in [0.1, 0.15) is 0 Å². The van der Waals surface area contributed by atoms with Crippen molar-refractivity contribution < 1.29 is 22.7 Å². The van der Waals surface area contributed by atoms with Gasteiger partial charge in [-0.25, -0.2) is 0 Å². The zero-order chi connectivity index (χ0) is 19.3. The van der Waals surface area contributed by atoms with Crippen molar-refractivity contribution >= 4 is 5.91 Å². The number of rotatable bonds is 2. The fourth-order valence-electron chi connectivity index (χ4n) is 3.20. The standard InChI is InChI=1S/C14H18F3N3O2.C4H10/c1-9-11-8-19(13(21)14(15,16)17)5-2-12(11)20(18-9)10-3-6-22-7-4-10;1-3-4-2/h10H,2-8H2,1H3;3-4H2,1-2H3. The second kappa shape index (κ2) is 8.88. The Kier molecular flexibility index (Phi) is 7.08. The molecular formula is C18H28F3N3O2. The number of halogens is 3. The molecule has 1 saturated heterocycles. The lowest BCUT2D eigenvalue weighted by Crippen LogP contribution is -2.44. The van der Waals surface area contributed by atoms with Crippen LogP contribution in [0.5, 0.6) is 0 Å². The molecule has 0 bridgehead atoms. The third kappa shape index (κ3) is 4.78. The molecule has 1 aromatic rings. The molecule has 0 aliphatic carbocycles. The van der Waals surface area contributed by atoms with E-state index in [1.54, 1.807) is 6.92 Å². The molecule has 2 aliphatic rings. The van der Waals surface area contributed by atoms with Crippen molar-refractivity contribution in [2.45, 2.75) is 71.6 Å². The van der Waals surface area contributed by atoms with Crippen molar-refractivity contribution in [1.82, 2.24) is 14.7 Å². The van der Waals surface area contributed by atoms with Crippen LogP contribution in [-0.4, -0.2) is 46.5 Å². The van der Waals surface area contributed by atoms with E-state index in [2.05, 4.69) is 18.9 Å². The minimum absolute atomic E-state index is 0.0112. The number of hydrogen-bond acceptors (Lipinski definition) is 3. The number of fused-ring (bicyclic) bond motifs is 1. The van der Waals surface area contributed by atoms with Crippen LogP contribution in [-0.2, 0) is 22.5 Å². The van der Waals surface area contributed by atoms with Crippen molar-refractivity contribution in [1.29, 1.82) is 0 Å². The summed E-state index contributed by atoms with van der Waals surface area (Å²) in [7, 11) is 0. The largest absolute Gasteiger partial charge is 0.471 e. The van der Waals surface area contributed by atoms with Crippen LogP contribution in [0.3, 0.4) is 0 Å². The molecular weight excluding hydrogens is 347 g/mol. The lowest BCUT2D eigenvalue weighted by molar-refractivity contribution is -0.186. The van der Waals surface area contributed by atoms with Crippen LogP contribution in [0.4, 0.5) is 13.2 Å². The van der Waals surface area contributed by atoms with Gasteiger partial charge in [0.15, 0.2) is 0 Å². The third-order valence-corrected chi connectivity index (χ3v) is 4.85. The highest BCUT2D eigenvalue weighted by Gasteiger charge is 2.44. The maximum absolute atomic E-state index is 12.6. The molecule has 0 radical (unpaired) electrons. The summed E-state index contributed by atoms with van der Waals surface area (Å²) in [5.74, 6) is -1.77. The van der Waals surface area contributed by atoms with Gasteiger partial charge in [-0.05, 0) is 19.8 Å². The van der Waals surface area contributed by atoms with Gasteiger partial charge in [-0.3, -0.25) is 9.48 Å². The summed E-state index contributed by atoms with van der Waals surface area (Å²) in [5.41, 5.74) is 2.44. The molecule has 1 fully saturated rings. The normalized spacial score (nSPS) is 18.2. The van der Waals surface area contributed by atoms with E-state index in [1.807, 2.05) is 4.68 Å². The SMILES string of the molecule is CCCC.Cc1nn(C2CCOCC2)c2c1CN(C(=O)C(F)(F)F)CC2. The molecule has 2 aliphatic heterocycles. The molecule has 1 amide bonds. The molecule has 26 heavy (non-hydrogen) atoms. The summed E-state index contributed by atoms with van der Waals surface area (Å²) in [5, 5.41) is 4.51. The van der Waals surface area contributed by atoms with Crippen LogP contribution >= 0.6 is 0 Å². The Morgan fingerprint density at radius 2 is 1.85 bits per heavy atom. The zero-order valence-corrected chi connectivity index (χ0v) is 15.7. The molecule has 8 heteroatoms. The highest BCUT2D eigenvalue weighted by atomic mass is 19.4. The fourth-order valence-corrected chi connectivity index (χ4v) is 3.20. The monoisotopic (exact) mass is 375 g/mol. The van der Waals surface area contributed by atoms with E-state index in [0.717, 1.165) is 29.0 Å². The summed E-state index contributed by atoms with van der Waals surface area (Å²) < 4.78 is 45.0. The molecule has 0 aromatic carbocycles. The average Bonchev–Trinajstić information content (AvgIpc) is 2.97. The van der Waals surface area contributed by atoms with Gasteiger partial charge in [-0.1, -0.05) is 26.7 Å². The molecule has 148 valence electrons. The van der Waals surface area contributed by atoms with Gasteiger partial charge in [-0.15, -0.1) is 0 Å². The van der Waals surface area contributed by atoms with Gasteiger partial charge in [0, 0.05) is 44.0 Å². The van der Waals surface area contributed by atoms with E-state index in [9.17, 15) is 18.0 Å². The topological polar surface area (TPSA) is 47.4 Å². The number of alkyl halides is 3. The number of aryl methyl sites for hydroxylation is 1. The van der Waals surface area contributed by atoms with E-state index < -0.39 is 12.1 Å². The van der Waals surface area contributed by atoms with Gasteiger partial charge in [0.2, 0.25) is 0 Å². The van der Waals surface area contributed by atoms with Gasteiger partial charge in [-0.2, -0.15) is 18.3 Å². The Labute approximate surface area is 152 Å². The minimum atomic E-state index is -4.82. The molecule has 5 nitrogen and oxygen atoms in total. The third-order valence-electron chi connectivity index (χ3n) is 4.85. The van der Waals surface area contributed by atoms with E-state index in [-0.39, 0.29) is 19.1 Å². The number of carbonyl (C=O) groups excluding carboxylic acids is 1. The first-order valence-electron chi connectivity index (χ1n) is 9.30. The second-order valence-corrected chi connectivity index (χ2v) is 6.77. The van der Waals surface area contributed by atoms with Gasteiger partial charge >= 0.3 is 12.1 Å². The van der Waals surface area contributed by atoms with Crippen molar-refractivity contribution in [2.75, 3.05) is 19.8 Å². The molecule has 0 saturated carbocycles. The maximum Gasteiger partial charge on any atom is 0.471 e. The van der Waals surface area contributed by atoms with E-state index in [1.165, 1.54) is 12.8 Å².